The maximum absolute atomic E-state index is 14.6. The summed E-state index contributed by atoms with van der Waals surface area (Å²) in [6, 6.07) is 4.01. The van der Waals surface area contributed by atoms with E-state index in [4.69, 9.17) is 33.7 Å². The summed E-state index contributed by atoms with van der Waals surface area (Å²) in [5, 5.41) is 12.2. The van der Waals surface area contributed by atoms with Gasteiger partial charge in [-0.05, 0) is 36.6 Å². The molecule has 1 aliphatic carbocycles. The zero-order valence-electron chi connectivity index (χ0n) is 22.2. The summed E-state index contributed by atoms with van der Waals surface area (Å²) in [4.78, 5) is 46.3. The van der Waals surface area contributed by atoms with Crippen molar-refractivity contribution in [3.8, 4) is 16.9 Å². The van der Waals surface area contributed by atoms with Crippen LogP contribution >= 0.6 is 23.2 Å². The number of aryl methyl sites for hydroxylation is 1. The first kappa shape index (κ1) is 29.4. The highest BCUT2D eigenvalue weighted by molar-refractivity contribution is 6.34. The van der Waals surface area contributed by atoms with E-state index in [2.05, 4.69) is 15.3 Å². The van der Waals surface area contributed by atoms with Crippen LogP contribution in [0.15, 0.2) is 35.5 Å². The van der Waals surface area contributed by atoms with Crippen LogP contribution in [0.25, 0.3) is 22.2 Å². The number of ether oxygens (including phenoxy) is 1. The van der Waals surface area contributed by atoms with E-state index >= 15 is 0 Å². The van der Waals surface area contributed by atoms with Gasteiger partial charge in [0.2, 0.25) is 11.9 Å². The fourth-order valence-corrected chi connectivity index (χ4v) is 5.51. The lowest BCUT2D eigenvalue weighted by Gasteiger charge is -2.14. The largest absolute Gasteiger partial charge is 0.506 e. The summed E-state index contributed by atoms with van der Waals surface area (Å²) in [6.07, 6.45) is 1.21. The van der Waals surface area contributed by atoms with Crippen LogP contribution in [0.1, 0.15) is 34.8 Å². The molecule has 5 rings (SSSR count). The number of fused-ring (bicyclic) bond motifs is 1. The third-order valence-electron chi connectivity index (χ3n) is 7.25. The molecule has 1 aromatic carbocycles. The Labute approximate surface area is 246 Å². The Morgan fingerprint density at radius 3 is 2.67 bits per heavy atom. The average molecular weight is 621 g/mol. The molecule has 4 N–H and O–H groups in total. The number of carbonyl (C=O) groups excluding carboxylic acids is 2. The number of hydrogen-bond acceptors (Lipinski definition) is 7. The molecule has 220 valence electrons. The van der Waals surface area contributed by atoms with E-state index in [9.17, 15) is 28.3 Å². The van der Waals surface area contributed by atoms with Crippen molar-refractivity contribution in [1.29, 1.82) is 0 Å². The molecule has 11 nitrogen and oxygen atoms in total. The smallest absolute Gasteiger partial charge is 0.263 e. The number of primary amides is 1. The van der Waals surface area contributed by atoms with Crippen LogP contribution in [-0.2, 0) is 23.1 Å². The number of aromatic nitrogens is 4. The van der Waals surface area contributed by atoms with Gasteiger partial charge >= 0.3 is 0 Å². The summed E-state index contributed by atoms with van der Waals surface area (Å²) in [5.41, 5.74) is 5.48. The fraction of sp³-hybridized carbons (Fsp3) is 0.296. The number of alkyl halides is 1. The second kappa shape index (κ2) is 11.3. The van der Waals surface area contributed by atoms with E-state index in [1.54, 1.807) is 0 Å². The second-order valence-electron chi connectivity index (χ2n) is 9.95. The van der Waals surface area contributed by atoms with Gasteiger partial charge in [-0.3, -0.25) is 14.4 Å². The van der Waals surface area contributed by atoms with Crippen molar-refractivity contribution in [3.63, 3.8) is 0 Å². The van der Waals surface area contributed by atoms with Crippen molar-refractivity contribution in [3.05, 3.63) is 68.3 Å². The zero-order chi connectivity index (χ0) is 30.5. The molecule has 0 spiro atoms. The minimum atomic E-state index is -1.24. The predicted molar refractivity (Wildman–Crippen MR) is 151 cm³/mol. The highest BCUT2D eigenvalue weighted by Gasteiger charge is 2.36. The average Bonchev–Trinajstić information content (AvgIpc) is 3.50. The number of pyridine rings is 1. The van der Waals surface area contributed by atoms with Crippen LogP contribution in [0.2, 0.25) is 10.0 Å². The first-order chi connectivity index (χ1) is 19.9. The molecule has 1 fully saturated rings. The lowest BCUT2D eigenvalue weighted by atomic mass is 10.0. The molecule has 0 aliphatic heterocycles. The van der Waals surface area contributed by atoms with Crippen LogP contribution < -0.4 is 16.6 Å². The maximum Gasteiger partial charge on any atom is 0.263 e. The van der Waals surface area contributed by atoms with Crippen molar-refractivity contribution in [1.82, 2.24) is 19.1 Å². The van der Waals surface area contributed by atoms with Crippen molar-refractivity contribution in [2.75, 3.05) is 12.4 Å². The highest BCUT2D eigenvalue weighted by atomic mass is 35.5. The molecule has 1 unspecified atom stereocenters. The number of nitrogens with two attached hydrogens (primary N) is 1. The normalized spacial score (nSPS) is 18.5. The number of benzene rings is 1. The topological polar surface area (TPSA) is 154 Å². The molecule has 1 aliphatic rings. The Bertz CT molecular complexity index is 1810. The Balaban J connectivity index is 1.50. The third kappa shape index (κ3) is 5.30. The highest BCUT2D eigenvalue weighted by Crippen LogP contribution is 2.39. The van der Waals surface area contributed by atoms with Crippen LogP contribution in [0.4, 0.5) is 14.5 Å². The van der Waals surface area contributed by atoms with Crippen LogP contribution in [0.5, 0.6) is 5.75 Å². The summed E-state index contributed by atoms with van der Waals surface area (Å²) in [7, 11) is 2.89. The molecular weight excluding hydrogens is 597 g/mol. The molecule has 2 amide bonds. The van der Waals surface area contributed by atoms with E-state index < -0.39 is 52.3 Å². The summed E-state index contributed by atoms with van der Waals surface area (Å²) < 4.78 is 36.6. The van der Waals surface area contributed by atoms with E-state index in [0.717, 1.165) is 0 Å². The van der Waals surface area contributed by atoms with E-state index in [0.29, 0.717) is 0 Å². The van der Waals surface area contributed by atoms with Gasteiger partial charge in [0.05, 0.1) is 34.1 Å². The summed E-state index contributed by atoms with van der Waals surface area (Å²) >= 11 is 12.2. The SMILES string of the molecule is CO[C@@H]1CC(c2cc(NC(=O)Cn3cc(-c4cc(Cl)c(O)c(C(N)=O)c4)c4c(=O)n(C)cnc43)c(Cl)c(F)n2)C[C@@H]1F. The quantitative estimate of drug-likeness (QED) is 0.265. The molecule has 0 radical (unpaired) electrons. The Hall–Kier alpha value is -4.07. The first-order valence-corrected chi connectivity index (χ1v) is 13.3. The standard InChI is InChI=1S/C27H24Cl2F2N6O5/c1-36-10-33-26-21(27(36)41)14(11-3-13(25(32)40)23(39)15(28)4-11)8-37(26)9-20(38)34-18-7-17(35-24(31)22(18)29)12-5-16(30)19(6-12)42-2/h3-4,7-8,10,12,16,19,39H,5-6,9H2,1-2H3,(H2,32,40)(H,34,35,38)/t12?,16-,19+/m0/s1. The lowest BCUT2D eigenvalue weighted by molar-refractivity contribution is -0.116. The van der Waals surface area contributed by atoms with Crippen molar-refractivity contribution < 1.29 is 28.2 Å². The monoisotopic (exact) mass is 620 g/mol. The number of amides is 2. The summed E-state index contributed by atoms with van der Waals surface area (Å²) in [6.45, 7) is -0.386. The molecule has 0 bridgehead atoms. The van der Waals surface area contributed by atoms with Gasteiger partial charge in [0, 0.05) is 37.5 Å². The van der Waals surface area contributed by atoms with Gasteiger partial charge < -0.3 is 30.0 Å². The molecule has 1 saturated carbocycles. The van der Waals surface area contributed by atoms with Crippen LogP contribution in [0.3, 0.4) is 0 Å². The third-order valence-corrected chi connectivity index (χ3v) is 7.90. The molecular formula is C27H24Cl2F2N6O5. The fourth-order valence-electron chi connectivity index (χ4n) is 5.14. The number of nitrogens with zero attached hydrogens (tertiary/aromatic N) is 4. The molecule has 4 aromatic rings. The van der Waals surface area contributed by atoms with Gasteiger partial charge in [0.1, 0.15) is 29.1 Å². The van der Waals surface area contributed by atoms with Gasteiger partial charge in [0.15, 0.2) is 0 Å². The van der Waals surface area contributed by atoms with Crippen molar-refractivity contribution >= 4 is 51.7 Å². The van der Waals surface area contributed by atoms with Crippen LogP contribution in [-0.4, -0.2) is 55.4 Å². The van der Waals surface area contributed by atoms with E-state index in [1.807, 2.05) is 0 Å². The van der Waals surface area contributed by atoms with Gasteiger partial charge in [-0.1, -0.05) is 23.2 Å². The van der Waals surface area contributed by atoms with Crippen molar-refractivity contribution in [2.24, 2.45) is 12.8 Å². The lowest BCUT2D eigenvalue weighted by Crippen LogP contribution is -2.21. The molecule has 42 heavy (non-hydrogen) atoms. The number of methoxy groups -OCH3 is 1. The van der Waals surface area contributed by atoms with Crippen molar-refractivity contribution in [2.45, 2.75) is 37.6 Å². The number of aromatic hydroxyl groups is 1. The minimum Gasteiger partial charge on any atom is -0.506 e. The molecule has 3 heterocycles. The maximum atomic E-state index is 14.6. The van der Waals surface area contributed by atoms with Gasteiger partial charge in [-0.15, -0.1) is 0 Å². The van der Waals surface area contributed by atoms with Crippen LogP contribution in [0, 0.1) is 5.95 Å². The number of nitrogens with one attached hydrogen (secondary N) is 1. The molecule has 3 aromatic heterocycles. The second-order valence-corrected chi connectivity index (χ2v) is 10.7. The van der Waals surface area contributed by atoms with Gasteiger partial charge in [0.25, 0.3) is 11.5 Å². The van der Waals surface area contributed by atoms with Gasteiger partial charge in [-0.25, -0.2) is 14.4 Å². The molecule has 0 saturated heterocycles. The minimum absolute atomic E-state index is 0.0579. The Morgan fingerprint density at radius 1 is 1.26 bits per heavy atom. The summed E-state index contributed by atoms with van der Waals surface area (Å²) in [5.74, 6) is -3.56. The number of rotatable bonds is 7. The Morgan fingerprint density at radius 2 is 2.00 bits per heavy atom. The number of anilines is 1. The molecule has 15 heteroatoms. The van der Waals surface area contributed by atoms with Gasteiger partial charge in [-0.2, -0.15) is 4.39 Å². The van der Waals surface area contributed by atoms with E-state index in [-0.39, 0.29) is 63.5 Å². The molecule has 3 atom stereocenters. The number of carbonyl (C=O) groups is 2. The first-order valence-electron chi connectivity index (χ1n) is 12.6. The zero-order valence-corrected chi connectivity index (χ0v) is 23.7. The predicted octanol–water partition coefficient (Wildman–Crippen LogP) is 3.92. The number of hydrogen-bond donors (Lipinski definition) is 3. The number of halogens is 4. The number of phenols is 1. The van der Waals surface area contributed by atoms with E-state index in [1.165, 1.54) is 54.0 Å². The Kier molecular flexibility index (Phi) is 7.92.